The summed E-state index contributed by atoms with van der Waals surface area (Å²) in [6.07, 6.45) is -0.206. The zero-order chi connectivity index (χ0) is 21.7. The Morgan fingerprint density at radius 3 is 2.57 bits per heavy atom. The number of hydrogen-bond acceptors (Lipinski definition) is 3. The second kappa shape index (κ2) is 7.75. The number of rotatable bonds is 5. The van der Waals surface area contributed by atoms with Gasteiger partial charge >= 0.3 is 0 Å². The predicted octanol–water partition coefficient (Wildman–Crippen LogP) is 5.04. The normalized spacial score (nSPS) is 28.4. The molecule has 0 bridgehead atoms. The molecule has 7 heteroatoms. The van der Waals surface area contributed by atoms with Crippen molar-refractivity contribution in [2.45, 2.75) is 50.2 Å². The Bertz CT molecular complexity index is 951. The van der Waals surface area contributed by atoms with Gasteiger partial charge in [0, 0.05) is 28.7 Å². The minimum absolute atomic E-state index is 0.112. The number of anilines is 1. The molecule has 2 aliphatic heterocycles. The molecule has 1 fully saturated rings. The fraction of sp³-hybridized carbons (Fsp3) is 0.435. The molecule has 2 aromatic carbocycles. The maximum Gasteiger partial charge on any atom is 0.264 e. The second-order valence-electron chi connectivity index (χ2n) is 8.82. The van der Waals surface area contributed by atoms with Crippen molar-refractivity contribution in [3.8, 4) is 0 Å². The molecule has 2 aliphatic rings. The van der Waals surface area contributed by atoms with E-state index in [1.165, 1.54) is 0 Å². The van der Waals surface area contributed by atoms with Crippen molar-refractivity contribution in [2.75, 3.05) is 11.5 Å². The van der Waals surface area contributed by atoms with E-state index in [-0.39, 0.29) is 18.4 Å². The molecule has 0 aromatic heterocycles. The third-order valence-electron chi connectivity index (χ3n) is 6.52. The van der Waals surface area contributed by atoms with E-state index in [0.29, 0.717) is 23.6 Å². The van der Waals surface area contributed by atoms with E-state index in [1.807, 2.05) is 43.3 Å². The molecule has 0 saturated carbocycles. The lowest BCUT2D eigenvalue weighted by atomic mass is 9.82. The number of benzene rings is 2. The lowest BCUT2D eigenvalue weighted by Gasteiger charge is -2.31. The molecule has 4 nitrogen and oxygen atoms in total. The number of aliphatic hydroxyl groups is 1. The van der Waals surface area contributed by atoms with Gasteiger partial charge in [-0.15, -0.1) is 0 Å². The number of hydrogen-bond donors (Lipinski definition) is 1. The minimum atomic E-state index is -3.18. The van der Waals surface area contributed by atoms with Gasteiger partial charge in [0.2, 0.25) is 8.41 Å². The Balaban J connectivity index is 1.83. The minimum Gasteiger partial charge on any atom is -0.396 e. The standard InChI is InChI=1S/C23H27ClFNO3Si/c1-15-21(30(2,3)25)20(11-12-27)29-23(15)18-13-17(24)9-10-19(18)26(22(23)28)14-16-7-5-4-6-8-16/h4-10,13,15,20-21,27H,11-12,14H2,1-3H3/t15-,20+,21-,23+/m1/s1. The largest absolute Gasteiger partial charge is 0.396 e. The third kappa shape index (κ3) is 3.30. The first kappa shape index (κ1) is 21.5. The molecular weight excluding hydrogens is 421 g/mol. The van der Waals surface area contributed by atoms with Crippen molar-refractivity contribution in [3.63, 3.8) is 0 Å². The van der Waals surface area contributed by atoms with Crippen LogP contribution in [-0.2, 0) is 21.7 Å². The number of nitrogens with zero attached hydrogens (tertiary/aromatic N) is 1. The van der Waals surface area contributed by atoms with Crippen LogP contribution in [0.25, 0.3) is 0 Å². The Kier molecular flexibility index (Phi) is 5.55. The van der Waals surface area contributed by atoms with E-state index in [9.17, 15) is 9.90 Å². The topological polar surface area (TPSA) is 49.8 Å². The van der Waals surface area contributed by atoms with Crippen molar-refractivity contribution in [1.29, 1.82) is 0 Å². The summed E-state index contributed by atoms with van der Waals surface area (Å²) in [7, 11) is -3.18. The van der Waals surface area contributed by atoms with Crippen LogP contribution in [0.4, 0.5) is 9.80 Å². The van der Waals surface area contributed by atoms with Gasteiger partial charge in [0.25, 0.3) is 5.91 Å². The lowest BCUT2D eigenvalue weighted by Crippen LogP contribution is -2.45. The number of halogens is 2. The van der Waals surface area contributed by atoms with Crippen LogP contribution in [0.2, 0.25) is 23.7 Å². The SMILES string of the molecule is C[C@@H]1[C@@H]([Si](C)(C)F)[C@H](CCO)O[C@@]12C(=O)N(Cc1ccccc1)c1ccc(Cl)cc12. The van der Waals surface area contributed by atoms with Crippen molar-refractivity contribution in [2.24, 2.45) is 5.92 Å². The average molecular weight is 448 g/mol. The molecule has 1 N–H and O–H groups in total. The van der Waals surface area contributed by atoms with Crippen LogP contribution < -0.4 is 4.90 Å². The summed E-state index contributed by atoms with van der Waals surface area (Å²) in [5, 5.41) is 10.1. The monoisotopic (exact) mass is 447 g/mol. The molecular formula is C23H27ClFNO3Si. The molecule has 1 amide bonds. The highest BCUT2D eigenvalue weighted by Crippen LogP contribution is 2.60. The molecule has 160 valence electrons. The van der Waals surface area contributed by atoms with Gasteiger partial charge in [-0.3, -0.25) is 4.79 Å². The number of carbonyl (C=O) groups is 1. The van der Waals surface area contributed by atoms with Gasteiger partial charge < -0.3 is 18.9 Å². The maximum atomic E-state index is 15.4. The first-order valence-electron chi connectivity index (χ1n) is 10.3. The fourth-order valence-electron chi connectivity index (χ4n) is 5.34. The molecule has 2 heterocycles. The molecule has 4 atom stereocenters. The zero-order valence-corrected chi connectivity index (χ0v) is 19.2. The molecule has 0 radical (unpaired) electrons. The number of amides is 1. The lowest BCUT2D eigenvalue weighted by molar-refractivity contribution is -0.146. The Hall–Kier alpha value is -1.73. The highest BCUT2D eigenvalue weighted by Gasteiger charge is 2.66. The molecule has 30 heavy (non-hydrogen) atoms. The molecule has 4 rings (SSSR count). The van der Waals surface area contributed by atoms with E-state index in [2.05, 4.69) is 0 Å². The summed E-state index contributed by atoms with van der Waals surface area (Å²) in [5.74, 6) is -0.550. The molecule has 2 aromatic rings. The molecule has 1 saturated heterocycles. The van der Waals surface area contributed by atoms with Gasteiger partial charge in [0.15, 0.2) is 5.60 Å². The van der Waals surface area contributed by atoms with Crippen molar-refractivity contribution in [1.82, 2.24) is 0 Å². The molecule has 0 aliphatic carbocycles. The number of aliphatic hydroxyl groups excluding tert-OH is 1. The second-order valence-corrected chi connectivity index (χ2v) is 13.1. The first-order chi connectivity index (χ1) is 14.2. The van der Waals surface area contributed by atoms with Gasteiger partial charge in [0.05, 0.1) is 18.3 Å². The van der Waals surface area contributed by atoms with Gasteiger partial charge in [-0.1, -0.05) is 48.9 Å². The van der Waals surface area contributed by atoms with Gasteiger partial charge in [-0.2, -0.15) is 0 Å². The zero-order valence-electron chi connectivity index (χ0n) is 17.4. The summed E-state index contributed by atoms with van der Waals surface area (Å²) in [6, 6.07) is 15.1. The van der Waals surface area contributed by atoms with E-state index < -0.39 is 25.7 Å². The maximum absolute atomic E-state index is 15.4. The van der Waals surface area contributed by atoms with Crippen LogP contribution in [-0.4, -0.2) is 32.1 Å². The van der Waals surface area contributed by atoms with E-state index in [1.54, 1.807) is 30.1 Å². The van der Waals surface area contributed by atoms with Crippen molar-refractivity contribution >= 4 is 31.6 Å². The Labute approximate surface area is 182 Å². The molecule has 1 spiro atoms. The Morgan fingerprint density at radius 1 is 1.23 bits per heavy atom. The van der Waals surface area contributed by atoms with Crippen LogP contribution in [0.3, 0.4) is 0 Å². The summed E-state index contributed by atoms with van der Waals surface area (Å²) >= 11 is 6.32. The summed E-state index contributed by atoms with van der Waals surface area (Å²) < 4.78 is 21.9. The van der Waals surface area contributed by atoms with Crippen LogP contribution in [0.1, 0.15) is 24.5 Å². The number of carbonyl (C=O) groups excluding carboxylic acids is 1. The quantitative estimate of drug-likeness (QED) is 0.515. The summed E-state index contributed by atoms with van der Waals surface area (Å²) in [6.45, 7) is 5.50. The Morgan fingerprint density at radius 2 is 1.93 bits per heavy atom. The summed E-state index contributed by atoms with van der Waals surface area (Å²) in [5.41, 5.74) is 0.764. The van der Waals surface area contributed by atoms with Crippen molar-refractivity contribution < 1.29 is 18.7 Å². The highest BCUT2D eigenvalue weighted by atomic mass is 35.5. The van der Waals surface area contributed by atoms with Gasteiger partial charge in [-0.05, 0) is 43.3 Å². The number of fused-ring (bicyclic) bond motifs is 2. The predicted molar refractivity (Wildman–Crippen MR) is 119 cm³/mol. The van der Waals surface area contributed by atoms with Gasteiger partial charge in [0.1, 0.15) is 0 Å². The highest BCUT2D eigenvalue weighted by molar-refractivity contribution is 6.72. The fourth-order valence-corrected chi connectivity index (χ4v) is 8.05. The van der Waals surface area contributed by atoms with E-state index in [0.717, 1.165) is 11.3 Å². The number of ether oxygens (including phenoxy) is 1. The van der Waals surface area contributed by atoms with Crippen LogP contribution in [0.5, 0.6) is 0 Å². The summed E-state index contributed by atoms with van der Waals surface area (Å²) in [4.78, 5) is 15.6. The van der Waals surface area contributed by atoms with Crippen LogP contribution in [0, 0.1) is 5.92 Å². The van der Waals surface area contributed by atoms with Crippen molar-refractivity contribution in [3.05, 3.63) is 64.7 Å². The molecule has 0 unspecified atom stereocenters. The van der Waals surface area contributed by atoms with Crippen LogP contribution in [0.15, 0.2) is 48.5 Å². The van der Waals surface area contributed by atoms with Crippen LogP contribution >= 0.6 is 11.6 Å². The average Bonchev–Trinajstić information content (AvgIpc) is 3.10. The third-order valence-corrected chi connectivity index (χ3v) is 9.21. The van der Waals surface area contributed by atoms with E-state index >= 15 is 4.11 Å². The van der Waals surface area contributed by atoms with Gasteiger partial charge in [-0.25, -0.2) is 0 Å². The smallest absolute Gasteiger partial charge is 0.264 e. The van der Waals surface area contributed by atoms with E-state index in [4.69, 9.17) is 16.3 Å². The first-order valence-corrected chi connectivity index (χ1v) is 13.7.